The number of aromatic nitrogens is 1. The molecule has 1 aromatic heterocycles. The van der Waals surface area contributed by atoms with E-state index in [4.69, 9.17) is 14.2 Å². The summed E-state index contributed by atoms with van der Waals surface area (Å²) < 4.78 is 44.1. The standard InChI is InChI=1S/C50H58F2N6O8/c1-28(2)44(56-47(61)39-22-21-33-15-12-13-20-38(33)54-39)31(6)53-41(24-43(60)65-9)48(62)57-45(29(3)4)32(7)58-50(25-34-16-10-11-17-35(34)26-50)49(63)55-40(23-42(59)64-8)30(5)27-66-46-36(51)18-14-19-37(46)52/h10-22,28-29,40-41,44-45,53,58H,5-7,23-27H2,1-4,8-9H3,(H,55,63)(H,56,61)(H,57,62)/t40?,41?,44-,45-/m0/s1. The minimum atomic E-state index is -1.42. The SMILES string of the molecule is C=C(COc1c(F)cccc1F)C(CC(=O)OC)NC(=O)C1(NC(=C)[C@@H](NC(=O)C(CC(=O)OC)NC(=C)[C@@H](NC(=O)c2ccc3ccccc3n2)C(C)C)C(C)C)Cc2ccccc2C1. The van der Waals surface area contributed by atoms with Crippen molar-refractivity contribution in [1.29, 1.82) is 0 Å². The fourth-order valence-corrected chi connectivity index (χ4v) is 7.78. The largest absolute Gasteiger partial charge is 0.483 e. The van der Waals surface area contributed by atoms with Gasteiger partial charge in [-0.3, -0.25) is 24.0 Å². The quantitative estimate of drug-likeness (QED) is 0.0477. The highest BCUT2D eigenvalue weighted by Gasteiger charge is 2.46. The first-order valence-corrected chi connectivity index (χ1v) is 21.5. The Balaban J connectivity index is 1.36. The highest BCUT2D eigenvalue weighted by atomic mass is 19.1. The van der Waals surface area contributed by atoms with Crippen LogP contribution in [0.2, 0.25) is 0 Å². The lowest BCUT2D eigenvalue weighted by molar-refractivity contribution is -0.143. The molecular weight excluding hydrogens is 851 g/mol. The summed E-state index contributed by atoms with van der Waals surface area (Å²) in [4.78, 5) is 72.4. The second-order valence-corrected chi connectivity index (χ2v) is 17.0. The number of hydrogen-bond acceptors (Lipinski definition) is 11. The number of para-hydroxylation sites is 2. The van der Waals surface area contributed by atoms with Gasteiger partial charge in [0.05, 0.1) is 50.7 Å². The Kier molecular flexibility index (Phi) is 16.8. The molecule has 350 valence electrons. The molecule has 0 bridgehead atoms. The molecule has 0 fully saturated rings. The van der Waals surface area contributed by atoms with Gasteiger partial charge in [0.25, 0.3) is 5.91 Å². The molecule has 0 radical (unpaired) electrons. The first-order chi connectivity index (χ1) is 31.4. The van der Waals surface area contributed by atoms with Crippen LogP contribution in [0, 0.1) is 23.5 Å². The summed E-state index contributed by atoms with van der Waals surface area (Å²) in [5.41, 5.74) is 1.78. The number of esters is 2. The third kappa shape index (κ3) is 12.4. The summed E-state index contributed by atoms with van der Waals surface area (Å²) in [6.07, 6.45) is -0.438. The number of methoxy groups -OCH3 is 2. The lowest BCUT2D eigenvalue weighted by Gasteiger charge is -2.37. The van der Waals surface area contributed by atoms with E-state index in [-0.39, 0.29) is 53.8 Å². The van der Waals surface area contributed by atoms with E-state index in [1.165, 1.54) is 20.3 Å². The molecule has 3 aromatic carbocycles. The van der Waals surface area contributed by atoms with Crippen LogP contribution in [-0.2, 0) is 41.5 Å². The van der Waals surface area contributed by atoms with E-state index in [2.05, 4.69) is 51.3 Å². The van der Waals surface area contributed by atoms with Crippen molar-refractivity contribution in [3.63, 3.8) is 0 Å². The smallest absolute Gasteiger partial charge is 0.308 e. The first kappa shape index (κ1) is 49.9. The molecule has 1 heterocycles. The Bertz CT molecular complexity index is 2450. The van der Waals surface area contributed by atoms with Crippen LogP contribution in [0.1, 0.15) is 62.2 Å². The Labute approximate surface area is 383 Å². The van der Waals surface area contributed by atoms with Gasteiger partial charge in [-0.05, 0) is 52.8 Å². The molecule has 5 rings (SSSR count). The number of nitrogens with zero attached hydrogens (tertiary/aromatic N) is 1. The molecule has 1 aliphatic rings. The second-order valence-electron chi connectivity index (χ2n) is 17.0. The molecule has 66 heavy (non-hydrogen) atoms. The molecule has 0 aliphatic heterocycles. The van der Waals surface area contributed by atoms with Crippen LogP contribution in [0.25, 0.3) is 10.9 Å². The van der Waals surface area contributed by atoms with E-state index in [1.807, 2.05) is 70.2 Å². The van der Waals surface area contributed by atoms with Gasteiger partial charge in [-0.2, -0.15) is 0 Å². The van der Waals surface area contributed by atoms with Gasteiger partial charge in [-0.1, -0.05) is 102 Å². The highest BCUT2D eigenvalue weighted by molar-refractivity contribution is 5.95. The first-order valence-electron chi connectivity index (χ1n) is 21.5. The topological polar surface area (TPSA) is 186 Å². The zero-order valence-electron chi connectivity index (χ0n) is 38.1. The van der Waals surface area contributed by atoms with Gasteiger partial charge in [0, 0.05) is 29.6 Å². The minimum Gasteiger partial charge on any atom is -0.483 e. The molecule has 2 unspecified atom stereocenters. The lowest BCUT2D eigenvalue weighted by atomic mass is 9.90. The number of carbonyl (C=O) groups excluding carboxylic acids is 5. The molecule has 0 saturated heterocycles. The predicted molar refractivity (Wildman–Crippen MR) is 246 cm³/mol. The molecule has 16 heteroatoms. The predicted octanol–water partition coefficient (Wildman–Crippen LogP) is 5.77. The van der Waals surface area contributed by atoms with Crippen LogP contribution >= 0.6 is 0 Å². The minimum absolute atomic E-state index is 0.128. The van der Waals surface area contributed by atoms with Crippen molar-refractivity contribution in [2.75, 3.05) is 20.8 Å². The van der Waals surface area contributed by atoms with E-state index in [9.17, 15) is 32.8 Å². The number of halogens is 2. The van der Waals surface area contributed by atoms with Crippen molar-refractivity contribution in [3.05, 3.63) is 144 Å². The van der Waals surface area contributed by atoms with Crippen LogP contribution < -0.4 is 31.3 Å². The van der Waals surface area contributed by atoms with Crippen molar-refractivity contribution in [2.45, 2.75) is 83.1 Å². The van der Waals surface area contributed by atoms with Gasteiger partial charge >= 0.3 is 11.9 Å². The van der Waals surface area contributed by atoms with Gasteiger partial charge in [0.15, 0.2) is 17.4 Å². The maximum Gasteiger partial charge on any atom is 0.308 e. The molecule has 4 aromatic rings. The van der Waals surface area contributed by atoms with Crippen molar-refractivity contribution in [3.8, 4) is 5.75 Å². The van der Waals surface area contributed by atoms with Gasteiger partial charge < -0.3 is 40.8 Å². The van der Waals surface area contributed by atoms with Crippen molar-refractivity contribution in [2.24, 2.45) is 11.8 Å². The molecule has 1 aliphatic carbocycles. The Hall–Kier alpha value is -7.10. The summed E-state index contributed by atoms with van der Waals surface area (Å²) in [6, 6.07) is 17.7. The average Bonchev–Trinajstić information content (AvgIpc) is 3.67. The number of amides is 3. The number of benzene rings is 3. The molecule has 4 atom stereocenters. The highest BCUT2D eigenvalue weighted by Crippen LogP contribution is 2.33. The third-order valence-corrected chi connectivity index (χ3v) is 11.4. The molecule has 0 saturated carbocycles. The number of hydrogen-bond donors (Lipinski definition) is 5. The summed E-state index contributed by atoms with van der Waals surface area (Å²) >= 11 is 0. The van der Waals surface area contributed by atoms with Gasteiger partial charge in [0.1, 0.15) is 23.9 Å². The molecular formula is C50H58F2N6O8. The fourth-order valence-electron chi connectivity index (χ4n) is 7.78. The van der Waals surface area contributed by atoms with Crippen molar-refractivity contribution >= 4 is 40.6 Å². The van der Waals surface area contributed by atoms with Crippen LogP contribution in [0.3, 0.4) is 0 Å². The number of fused-ring (bicyclic) bond motifs is 2. The number of pyridine rings is 1. The van der Waals surface area contributed by atoms with E-state index < -0.39 is 89.8 Å². The maximum absolute atomic E-state index is 14.7. The number of rotatable bonds is 22. The van der Waals surface area contributed by atoms with E-state index in [0.717, 1.165) is 28.6 Å². The van der Waals surface area contributed by atoms with Gasteiger partial charge in [-0.25, -0.2) is 13.8 Å². The maximum atomic E-state index is 14.7. The van der Waals surface area contributed by atoms with Crippen LogP contribution in [0.5, 0.6) is 5.75 Å². The fraction of sp³-hybridized carbons (Fsp3) is 0.360. The molecule has 14 nitrogen and oxygen atoms in total. The zero-order chi connectivity index (χ0) is 48.3. The number of ether oxygens (including phenoxy) is 3. The summed E-state index contributed by atoms with van der Waals surface area (Å²) in [5, 5.41) is 16.1. The van der Waals surface area contributed by atoms with Gasteiger partial charge in [-0.15, -0.1) is 0 Å². The summed E-state index contributed by atoms with van der Waals surface area (Å²) in [7, 11) is 2.39. The Morgan fingerprint density at radius 3 is 1.83 bits per heavy atom. The van der Waals surface area contributed by atoms with Crippen LogP contribution in [0.4, 0.5) is 8.78 Å². The second kappa shape index (κ2) is 22.2. The van der Waals surface area contributed by atoms with Crippen LogP contribution in [0.15, 0.2) is 116 Å². The van der Waals surface area contributed by atoms with Gasteiger partial charge in [0.2, 0.25) is 11.8 Å². The summed E-state index contributed by atoms with van der Waals surface area (Å²) in [5.74, 6) is -6.08. The normalized spacial score (nSPS) is 14.5. The molecule has 5 N–H and O–H groups in total. The molecule has 3 amide bonds. The van der Waals surface area contributed by atoms with Crippen molar-refractivity contribution < 1.29 is 47.0 Å². The van der Waals surface area contributed by atoms with Crippen LogP contribution in [-0.4, -0.2) is 85.2 Å². The molecule has 0 spiro atoms. The van der Waals surface area contributed by atoms with Crippen molar-refractivity contribution in [1.82, 2.24) is 31.6 Å². The van der Waals surface area contributed by atoms with E-state index in [1.54, 1.807) is 18.2 Å². The van der Waals surface area contributed by atoms with E-state index >= 15 is 0 Å². The number of carbonyl (C=O) groups is 5. The average molecular weight is 909 g/mol. The van der Waals surface area contributed by atoms with E-state index in [0.29, 0.717) is 5.52 Å². The zero-order valence-corrected chi connectivity index (χ0v) is 38.1. The number of nitrogens with one attached hydrogen (secondary N) is 5. The Morgan fingerprint density at radius 1 is 0.682 bits per heavy atom. The summed E-state index contributed by atoms with van der Waals surface area (Å²) in [6.45, 7) is 19.4. The lowest BCUT2D eigenvalue weighted by Crippen LogP contribution is -2.62. The monoisotopic (exact) mass is 908 g/mol. The Morgan fingerprint density at radius 2 is 1.24 bits per heavy atom. The third-order valence-electron chi connectivity index (χ3n) is 11.4.